The maximum Gasteiger partial charge on any atom is 0.0459 e. The lowest BCUT2D eigenvalue weighted by molar-refractivity contribution is 0.418. The molecule has 0 amide bonds. The van der Waals surface area contributed by atoms with Crippen molar-refractivity contribution in [1.29, 1.82) is 0 Å². The maximum atomic E-state index is 6.40. The fraction of sp³-hybridized carbons (Fsp3) is 0.625. The fourth-order valence-corrected chi connectivity index (χ4v) is 2.91. The summed E-state index contributed by atoms with van der Waals surface area (Å²) < 4.78 is 0. The molecule has 1 unspecified atom stereocenters. The first-order valence-corrected chi connectivity index (χ1v) is 7.58. The number of hydrogen-bond donors (Lipinski definition) is 1. The standard InChI is InChI=1S/C16H25ClN2/c1-4-13(18)9-12-5-6-14(10-15(12)17)19-8-7-16(2,3)11-19/h5-6,10,13H,4,7-9,11,18H2,1-3H3. The molecule has 1 aromatic rings. The van der Waals surface area contributed by atoms with Gasteiger partial charge in [0.2, 0.25) is 0 Å². The van der Waals surface area contributed by atoms with Crippen LogP contribution >= 0.6 is 11.6 Å². The minimum Gasteiger partial charge on any atom is -0.371 e. The Bertz CT molecular complexity index is 442. The predicted molar refractivity (Wildman–Crippen MR) is 84.0 cm³/mol. The van der Waals surface area contributed by atoms with Crippen molar-refractivity contribution in [3.05, 3.63) is 28.8 Å². The van der Waals surface area contributed by atoms with E-state index in [1.54, 1.807) is 0 Å². The van der Waals surface area contributed by atoms with Crippen LogP contribution in [0.25, 0.3) is 0 Å². The Balaban J connectivity index is 2.11. The number of benzene rings is 1. The number of anilines is 1. The zero-order valence-electron chi connectivity index (χ0n) is 12.2. The topological polar surface area (TPSA) is 29.3 Å². The van der Waals surface area contributed by atoms with E-state index in [0.29, 0.717) is 5.41 Å². The number of hydrogen-bond acceptors (Lipinski definition) is 2. The van der Waals surface area contributed by atoms with Gasteiger partial charge in [-0.2, -0.15) is 0 Å². The SMILES string of the molecule is CCC(N)Cc1ccc(N2CCC(C)(C)C2)cc1Cl. The Morgan fingerprint density at radius 2 is 2.16 bits per heavy atom. The van der Waals surface area contributed by atoms with Crippen molar-refractivity contribution < 1.29 is 0 Å². The van der Waals surface area contributed by atoms with Gasteiger partial charge in [0.15, 0.2) is 0 Å². The molecule has 0 saturated carbocycles. The van der Waals surface area contributed by atoms with Crippen molar-refractivity contribution >= 4 is 17.3 Å². The number of nitrogens with zero attached hydrogens (tertiary/aromatic N) is 1. The van der Waals surface area contributed by atoms with Crippen molar-refractivity contribution in [3.8, 4) is 0 Å². The van der Waals surface area contributed by atoms with E-state index in [2.05, 4.69) is 43.9 Å². The molecule has 0 bridgehead atoms. The van der Waals surface area contributed by atoms with E-state index in [0.717, 1.165) is 31.0 Å². The van der Waals surface area contributed by atoms with Crippen LogP contribution < -0.4 is 10.6 Å². The smallest absolute Gasteiger partial charge is 0.0459 e. The van der Waals surface area contributed by atoms with E-state index in [-0.39, 0.29) is 6.04 Å². The van der Waals surface area contributed by atoms with Crippen LogP contribution in [0.3, 0.4) is 0 Å². The van der Waals surface area contributed by atoms with Crippen LogP contribution in [0.15, 0.2) is 18.2 Å². The van der Waals surface area contributed by atoms with Crippen LogP contribution in [0.5, 0.6) is 0 Å². The first-order chi connectivity index (χ1) is 8.91. The molecule has 0 spiro atoms. The third-order valence-corrected chi connectivity index (χ3v) is 4.44. The molecule has 0 aliphatic carbocycles. The number of nitrogens with two attached hydrogens (primary N) is 1. The Hall–Kier alpha value is -0.730. The highest BCUT2D eigenvalue weighted by atomic mass is 35.5. The minimum absolute atomic E-state index is 0.203. The second-order valence-corrected chi connectivity index (χ2v) is 6.89. The van der Waals surface area contributed by atoms with Gasteiger partial charge in [0, 0.05) is 29.8 Å². The van der Waals surface area contributed by atoms with Crippen molar-refractivity contribution in [1.82, 2.24) is 0 Å². The van der Waals surface area contributed by atoms with Crippen molar-refractivity contribution in [2.24, 2.45) is 11.1 Å². The average Bonchev–Trinajstić information content (AvgIpc) is 2.72. The molecule has 1 atom stereocenters. The summed E-state index contributed by atoms with van der Waals surface area (Å²) in [4.78, 5) is 2.43. The summed E-state index contributed by atoms with van der Waals surface area (Å²) in [7, 11) is 0. The summed E-state index contributed by atoms with van der Waals surface area (Å²) in [5.74, 6) is 0. The van der Waals surface area contributed by atoms with Gasteiger partial charge in [0.1, 0.15) is 0 Å². The number of rotatable bonds is 4. The van der Waals surface area contributed by atoms with E-state index in [1.165, 1.54) is 17.7 Å². The Morgan fingerprint density at radius 1 is 1.42 bits per heavy atom. The molecule has 3 heteroatoms. The van der Waals surface area contributed by atoms with Gasteiger partial charge in [-0.3, -0.25) is 0 Å². The lowest BCUT2D eigenvalue weighted by atomic mass is 9.93. The molecular formula is C16H25ClN2. The molecule has 1 fully saturated rings. The normalized spacial score (nSPS) is 19.7. The van der Waals surface area contributed by atoms with E-state index in [1.807, 2.05) is 0 Å². The highest BCUT2D eigenvalue weighted by Crippen LogP contribution is 2.34. The van der Waals surface area contributed by atoms with Crippen molar-refractivity contribution in [2.45, 2.75) is 46.1 Å². The maximum absolute atomic E-state index is 6.40. The van der Waals surface area contributed by atoms with Gasteiger partial charge in [0.05, 0.1) is 0 Å². The summed E-state index contributed by atoms with van der Waals surface area (Å²) in [6.07, 6.45) is 3.09. The predicted octanol–water partition coefficient (Wildman–Crippen LogP) is 3.86. The first-order valence-electron chi connectivity index (χ1n) is 7.20. The van der Waals surface area contributed by atoms with Gasteiger partial charge >= 0.3 is 0 Å². The molecule has 1 heterocycles. The van der Waals surface area contributed by atoms with Gasteiger partial charge in [0.25, 0.3) is 0 Å². The quantitative estimate of drug-likeness (QED) is 0.907. The van der Waals surface area contributed by atoms with Gasteiger partial charge in [-0.05, 0) is 42.4 Å². The van der Waals surface area contributed by atoms with Crippen LogP contribution in [-0.2, 0) is 6.42 Å². The largest absolute Gasteiger partial charge is 0.371 e. The lowest BCUT2D eigenvalue weighted by Crippen LogP contribution is -2.23. The molecule has 1 saturated heterocycles. The van der Waals surface area contributed by atoms with Gasteiger partial charge in [-0.15, -0.1) is 0 Å². The lowest BCUT2D eigenvalue weighted by Gasteiger charge is -2.22. The van der Waals surface area contributed by atoms with Gasteiger partial charge in [-0.25, -0.2) is 0 Å². The molecule has 2 nitrogen and oxygen atoms in total. The van der Waals surface area contributed by atoms with E-state index in [9.17, 15) is 0 Å². The second-order valence-electron chi connectivity index (χ2n) is 6.48. The molecule has 19 heavy (non-hydrogen) atoms. The van der Waals surface area contributed by atoms with E-state index >= 15 is 0 Å². The molecule has 1 aliphatic rings. The zero-order chi connectivity index (χ0) is 14.0. The average molecular weight is 281 g/mol. The third kappa shape index (κ3) is 3.64. The molecular weight excluding hydrogens is 256 g/mol. The summed E-state index contributed by atoms with van der Waals surface area (Å²) in [6, 6.07) is 6.62. The molecule has 1 aromatic carbocycles. The third-order valence-electron chi connectivity index (χ3n) is 4.09. The summed E-state index contributed by atoms with van der Waals surface area (Å²) in [6.45, 7) is 8.99. The zero-order valence-corrected chi connectivity index (χ0v) is 13.0. The van der Waals surface area contributed by atoms with Crippen LogP contribution in [0.4, 0.5) is 5.69 Å². The Kier molecular flexibility index (Phi) is 4.42. The molecule has 106 valence electrons. The van der Waals surface area contributed by atoms with E-state index in [4.69, 9.17) is 17.3 Å². The summed E-state index contributed by atoms with van der Waals surface area (Å²) in [5, 5.41) is 0.853. The highest BCUT2D eigenvalue weighted by Gasteiger charge is 2.29. The van der Waals surface area contributed by atoms with Crippen LogP contribution in [-0.4, -0.2) is 19.1 Å². The fourth-order valence-electron chi connectivity index (χ4n) is 2.66. The van der Waals surface area contributed by atoms with Crippen LogP contribution in [0.2, 0.25) is 5.02 Å². The van der Waals surface area contributed by atoms with Crippen molar-refractivity contribution in [2.75, 3.05) is 18.0 Å². The second kappa shape index (κ2) is 5.72. The van der Waals surface area contributed by atoms with Crippen LogP contribution in [0, 0.1) is 5.41 Å². The van der Waals surface area contributed by atoms with Crippen molar-refractivity contribution in [3.63, 3.8) is 0 Å². The van der Waals surface area contributed by atoms with Gasteiger partial charge in [-0.1, -0.05) is 38.4 Å². The molecule has 1 aliphatic heterocycles. The highest BCUT2D eigenvalue weighted by molar-refractivity contribution is 6.31. The summed E-state index contributed by atoms with van der Waals surface area (Å²) in [5.41, 5.74) is 8.82. The minimum atomic E-state index is 0.203. The molecule has 2 N–H and O–H groups in total. The van der Waals surface area contributed by atoms with Crippen LogP contribution in [0.1, 0.15) is 39.2 Å². The molecule has 0 aromatic heterocycles. The first kappa shape index (κ1) is 14.7. The molecule has 2 rings (SSSR count). The monoisotopic (exact) mass is 280 g/mol. The molecule has 0 radical (unpaired) electrons. The van der Waals surface area contributed by atoms with E-state index < -0.39 is 0 Å². The van der Waals surface area contributed by atoms with Gasteiger partial charge < -0.3 is 10.6 Å². The Morgan fingerprint density at radius 3 is 2.68 bits per heavy atom. The Labute approximate surface area is 121 Å². The summed E-state index contributed by atoms with van der Waals surface area (Å²) >= 11 is 6.40. The number of halogens is 1.